The van der Waals surface area contributed by atoms with Gasteiger partial charge in [-0.15, -0.1) is 0 Å². The molecule has 2 heterocycles. The molecular formula is C26H23NO9. The molecule has 0 aliphatic carbocycles. The summed E-state index contributed by atoms with van der Waals surface area (Å²) in [6, 6.07) is 12.7. The number of hydrogen-bond donors (Lipinski definition) is 1. The molecular weight excluding hydrogens is 470 g/mol. The number of hydrogen-bond acceptors (Lipinski definition) is 9. The lowest BCUT2D eigenvalue weighted by molar-refractivity contribution is -0.149. The number of ether oxygens (including phenoxy) is 3. The molecule has 0 unspecified atom stereocenters. The number of benzene rings is 2. The largest absolute Gasteiger partial charge is 0.482 e. The van der Waals surface area contributed by atoms with Gasteiger partial charge in [0.2, 0.25) is 5.88 Å². The number of furan rings is 2. The summed E-state index contributed by atoms with van der Waals surface area (Å²) >= 11 is 0. The molecule has 0 aliphatic heterocycles. The van der Waals surface area contributed by atoms with Crippen molar-refractivity contribution < 1.29 is 42.2 Å². The van der Waals surface area contributed by atoms with E-state index < -0.39 is 36.8 Å². The molecule has 10 nitrogen and oxygen atoms in total. The summed E-state index contributed by atoms with van der Waals surface area (Å²) in [4.78, 5) is 48.7. The summed E-state index contributed by atoms with van der Waals surface area (Å²) in [5.74, 6) is -2.48. The van der Waals surface area contributed by atoms with Crippen molar-refractivity contribution in [3.8, 4) is 5.75 Å². The van der Waals surface area contributed by atoms with Crippen molar-refractivity contribution in [2.45, 2.75) is 20.8 Å². The zero-order chi connectivity index (χ0) is 25.8. The van der Waals surface area contributed by atoms with E-state index in [4.69, 9.17) is 23.0 Å². The van der Waals surface area contributed by atoms with Gasteiger partial charge in [0.15, 0.2) is 19.0 Å². The number of nitrogens with one attached hydrogen (secondary N) is 1. The lowest BCUT2D eigenvalue weighted by Crippen LogP contribution is -2.24. The number of Topliss-reactive ketones (excluding diaryl/α,β-unsaturated/α-hetero) is 1. The Balaban J connectivity index is 1.35. The van der Waals surface area contributed by atoms with E-state index in [0.717, 1.165) is 16.4 Å². The number of rotatable bonds is 9. The number of fused-ring (bicyclic) bond motifs is 3. The molecule has 1 N–H and O–H groups in total. The monoisotopic (exact) mass is 493 g/mol. The number of para-hydroxylation sites is 1. The maximum absolute atomic E-state index is 12.3. The molecule has 4 rings (SSSR count). The van der Waals surface area contributed by atoms with Gasteiger partial charge in [-0.25, -0.2) is 9.59 Å². The fourth-order valence-corrected chi connectivity index (χ4v) is 3.74. The van der Waals surface area contributed by atoms with Crippen molar-refractivity contribution in [3.63, 3.8) is 0 Å². The third kappa shape index (κ3) is 5.07. The fraction of sp³-hybridized carbons (Fsp3) is 0.231. The molecule has 0 saturated heterocycles. The number of amides is 1. The second-order valence-corrected chi connectivity index (χ2v) is 7.77. The van der Waals surface area contributed by atoms with Gasteiger partial charge in [0.05, 0.1) is 12.2 Å². The van der Waals surface area contributed by atoms with Crippen LogP contribution in [0.25, 0.3) is 21.9 Å². The van der Waals surface area contributed by atoms with Crippen LogP contribution in [0.1, 0.15) is 40.3 Å². The maximum atomic E-state index is 12.3. The Morgan fingerprint density at radius 3 is 2.39 bits per heavy atom. The number of carbonyl (C=O) groups is 4. The minimum absolute atomic E-state index is 0.0107. The van der Waals surface area contributed by atoms with E-state index >= 15 is 0 Å². The van der Waals surface area contributed by atoms with E-state index in [-0.39, 0.29) is 29.4 Å². The summed E-state index contributed by atoms with van der Waals surface area (Å²) in [5, 5.41) is 4.10. The van der Waals surface area contributed by atoms with Gasteiger partial charge in [-0.3, -0.25) is 14.9 Å². The molecule has 1 amide bonds. The topological polar surface area (TPSA) is 134 Å². The van der Waals surface area contributed by atoms with Crippen LogP contribution in [0.4, 0.5) is 5.88 Å². The summed E-state index contributed by atoms with van der Waals surface area (Å²) in [7, 11) is 0. The second-order valence-electron chi connectivity index (χ2n) is 7.77. The number of anilines is 1. The van der Waals surface area contributed by atoms with E-state index in [2.05, 4.69) is 5.32 Å². The van der Waals surface area contributed by atoms with Crippen LogP contribution in [0.15, 0.2) is 51.3 Å². The smallest absolute Gasteiger partial charge is 0.344 e. The van der Waals surface area contributed by atoms with Gasteiger partial charge in [0.25, 0.3) is 5.91 Å². The minimum Gasteiger partial charge on any atom is -0.482 e. The van der Waals surface area contributed by atoms with Gasteiger partial charge in [0, 0.05) is 10.8 Å². The van der Waals surface area contributed by atoms with Gasteiger partial charge in [0.1, 0.15) is 28.2 Å². The highest BCUT2D eigenvalue weighted by atomic mass is 16.6. The summed E-state index contributed by atoms with van der Waals surface area (Å²) in [6.45, 7) is 3.32. The molecule has 0 saturated carbocycles. The van der Waals surface area contributed by atoms with Crippen molar-refractivity contribution in [1.82, 2.24) is 0 Å². The molecule has 0 bridgehead atoms. The first kappa shape index (κ1) is 24.5. The van der Waals surface area contributed by atoms with Crippen LogP contribution >= 0.6 is 0 Å². The second kappa shape index (κ2) is 10.3. The van der Waals surface area contributed by atoms with Gasteiger partial charge < -0.3 is 23.0 Å². The van der Waals surface area contributed by atoms with E-state index in [1.807, 2.05) is 24.3 Å². The third-order valence-electron chi connectivity index (χ3n) is 5.24. The predicted octanol–water partition coefficient (Wildman–Crippen LogP) is 4.43. The quantitative estimate of drug-likeness (QED) is 0.265. The van der Waals surface area contributed by atoms with Crippen molar-refractivity contribution in [2.24, 2.45) is 0 Å². The van der Waals surface area contributed by atoms with E-state index in [1.165, 1.54) is 13.8 Å². The van der Waals surface area contributed by atoms with Crippen molar-refractivity contribution in [2.75, 3.05) is 25.1 Å². The minimum atomic E-state index is -0.817. The molecule has 2 aromatic heterocycles. The maximum Gasteiger partial charge on any atom is 0.344 e. The molecule has 0 aliphatic rings. The zero-order valence-corrected chi connectivity index (χ0v) is 19.8. The molecule has 186 valence electrons. The third-order valence-corrected chi connectivity index (χ3v) is 5.24. The van der Waals surface area contributed by atoms with Crippen LogP contribution in [0.3, 0.4) is 0 Å². The van der Waals surface area contributed by atoms with Gasteiger partial charge in [-0.2, -0.15) is 0 Å². The van der Waals surface area contributed by atoms with Gasteiger partial charge >= 0.3 is 11.9 Å². The molecule has 2 aromatic carbocycles. The Kier molecular flexibility index (Phi) is 7.05. The Morgan fingerprint density at radius 2 is 1.64 bits per heavy atom. The Hall–Kier alpha value is -4.60. The van der Waals surface area contributed by atoms with Gasteiger partial charge in [-0.1, -0.05) is 18.2 Å². The highest BCUT2D eigenvalue weighted by Gasteiger charge is 2.29. The van der Waals surface area contributed by atoms with Gasteiger partial charge in [-0.05, 0) is 45.0 Å². The highest BCUT2D eigenvalue weighted by molar-refractivity contribution is 6.11. The standard InChI is InChI=1S/C26H23NO9/c1-4-32-26(31)24-23(14(2)28)15(3)35-25(24)27-21(29)12-34-22(30)13-33-16-9-10-20-18(11-16)17-7-5-6-8-19(17)36-20/h5-11H,4,12-13H2,1-3H3,(H,27,29). The van der Waals surface area contributed by atoms with Crippen LogP contribution in [-0.2, 0) is 19.1 Å². The van der Waals surface area contributed by atoms with E-state index in [1.54, 1.807) is 25.1 Å². The molecule has 4 aromatic rings. The summed E-state index contributed by atoms with van der Waals surface area (Å²) < 4.78 is 26.6. The van der Waals surface area contributed by atoms with Crippen molar-refractivity contribution >= 4 is 51.5 Å². The number of esters is 2. The average Bonchev–Trinajstić information content (AvgIpc) is 3.38. The van der Waals surface area contributed by atoms with Crippen LogP contribution in [0, 0.1) is 6.92 Å². The summed E-state index contributed by atoms with van der Waals surface area (Å²) in [5.41, 5.74) is 1.25. The average molecular weight is 493 g/mol. The Labute approximate surface area is 205 Å². The molecule has 36 heavy (non-hydrogen) atoms. The van der Waals surface area contributed by atoms with Crippen molar-refractivity contribution in [3.05, 3.63) is 59.4 Å². The first-order chi connectivity index (χ1) is 17.3. The first-order valence-corrected chi connectivity index (χ1v) is 11.1. The van der Waals surface area contributed by atoms with E-state index in [0.29, 0.717) is 11.3 Å². The molecule has 0 spiro atoms. The molecule has 10 heteroatoms. The molecule has 0 atom stereocenters. The lowest BCUT2D eigenvalue weighted by atomic mass is 10.1. The Morgan fingerprint density at radius 1 is 0.889 bits per heavy atom. The number of aryl methyl sites for hydroxylation is 1. The fourth-order valence-electron chi connectivity index (χ4n) is 3.74. The van der Waals surface area contributed by atoms with Crippen LogP contribution in [0.2, 0.25) is 0 Å². The van der Waals surface area contributed by atoms with E-state index in [9.17, 15) is 19.2 Å². The number of carbonyl (C=O) groups excluding carboxylic acids is 4. The Bertz CT molecular complexity index is 1480. The molecule has 0 fully saturated rings. The van der Waals surface area contributed by atoms with Crippen molar-refractivity contribution in [1.29, 1.82) is 0 Å². The van der Waals surface area contributed by atoms with Crippen LogP contribution < -0.4 is 10.1 Å². The summed E-state index contributed by atoms with van der Waals surface area (Å²) in [6.07, 6.45) is 0. The first-order valence-electron chi connectivity index (χ1n) is 11.1. The highest BCUT2D eigenvalue weighted by Crippen LogP contribution is 2.31. The SMILES string of the molecule is CCOC(=O)c1c(NC(=O)COC(=O)COc2ccc3oc4ccccc4c3c2)oc(C)c1C(C)=O. The van der Waals surface area contributed by atoms with Crippen LogP contribution in [0.5, 0.6) is 5.75 Å². The zero-order valence-electron chi connectivity index (χ0n) is 19.8. The normalized spacial score (nSPS) is 10.9. The number of ketones is 1. The predicted molar refractivity (Wildman–Crippen MR) is 128 cm³/mol. The molecule has 0 radical (unpaired) electrons. The lowest BCUT2D eigenvalue weighted by Gasteiger charge is -2.08. The van der Waals surface area contributed by atoms with Crippen LogP contribution in [-0.4, -0.2) is 43.4 Å².